The number of aliphatic hydroxyl groups excluding tert-OH is 1. The van der Waals surface area contributed by atoms with Crippen LogP contribution in [0.3, 0.4) is 0 Å². The third-order valence-electron chi connectivity index (χ3n) is 3.24. The molecule has 0 saturated carbocycles. The fourth-order valence-electron chi connectivity index (χ4n) is 1.89. The maximum Gasteiger partial charge on any atom is 0.104 e. The van der Waals surface area contributed by atoms with Gasteiger partial charge in [0.1, 0.15) is 6.23 Å². The van der Waals surface area contributed by atoms with Crippen molar-refractivity contribution in [2.45, 2.75) is 32.4 Å². The van der Waals surface area contributed by atoms with Crippen LogP contribution < -0.4 is 5.32 Å². The summed E-state index contributed by atoms with van der Waals surface area (Å²) in [5, 5.41) is 13.0. The molecule has 1 aliphatic rings. The second kappa shape index (κ2) is 8.45. The number of allylic oxidation sites excluding steroid dienone is 3. The average Bonchev–Trinajstić information content (AvgIpc) is 2.37. The molecule has 0 aromatic carbocycles. The lowest BCUT2D eigenvalue weighted by molar-refractivity contribution is 0.118. The fourth-order valence-corrected chi connectivity index (χ4v) is 1.89. The summed E-state index contributed by atoms with van der Waals surface area (Å²) in [5.41, 5.74) is 0. The first-order chi connectivity index (χ1) is 8.22. The highest BCUT2D eigenvalue weighted by Gasteiger charge is 2.08. The predicted molar refractivity (Wildman–Crippen MR) is 72.8 cm³/mol. The molecule has 2 N–H and O–H groups in total. The first kappa shape index (κ1) is 14.4. The lowest BCUT2D eigenvalue weighted by Gasteiger charge is -2.19. The Kier molecular flexibility index (Phi) is 7.17. The van der Waals surface area contributed by atoms with Crippen LogP contribution in [0.2, 0.25) is 0 Å². The molecule has 0 radical (unpaired) electrons. The van der Waals surface area contributed by atoms with Gasteiger partial charge in [-0.25, -0.2) is 0 Å². The topological polar surface area (TPSA) is 35.5 Å². The van der Waals surface area contributed by atoms with Crippen LogP contribution in [0.25, 0.3) is 0 Å². The summed E-state index contributed by atoms with van der Waals surface area (Å²) in [6.45, 7) is 5.15. The zero-order valence-corrected chi connectivity index (χ0v) is 11.1. The van der Waals surface area contributed by atoms with Gasteiger partial charge < -0.3 is 10.0 Å². The van der Waals surface area contributed by atoms with Crippen LogP contribution in [-0.4, -0.2) is 42.9 Å². The van der Waals surface area contributed by atoms with Gasteiger partial charge in [-0.15, -0.1) is 0 Å². The Morgan fingerprint density at radius 2 is 2.29 bits per heavy atom. The summed E-state index contributed by atoms with van der Waals surface area (Å²) in [4.78, 5) is 2.27. The van der Waals surface area contributed by atoms with Gasteiger partial charge in [-0.1, -0.05) is 31.2 Å². The minimum absolute atomic E-state index is 0.362. The van der Waals surface area contributed by atoms with Crippen molar-refractivity contribution in [1.29, 1.82) is 0 Å². The van der Waals surface area contributed by atoms with Gasteiger partial charge in [-0.3, -0.25) is 5.32 Å². The molecule has 0 bridgehead atoms. The third kappa shape index (κ3) is 6.61. The van der Waals surface area contributed by atoms with E-state index in [9.17, 15) is 5.11 Å². The van der Waals surface area contributed by atoms with Gasteiger partial charge in [0.2, 0.25) is 0 Å². The largest absolute Gasteiger partial charge is 0.379 e. The average molecular weight is 238 g/mol. The van der Waals surface area contributed by atoms with E-state index in [2.05, 4.69) is 48.5 Å². The molecule has 17 heavy (non-hydrogen) atoms. The van der Waals surface area contributed by atoms with E-state index in [1.165, 1.54) is 0 Å². The highest BCUT2D eigenvalue weighted by Crippen LogP contribution is 2.10. The van der Waals surface area contributed by atoms with E-state index in [4.69, 9.17) is 0 Å². The molecule has 0 fully saturated rings. The SMILES string of the molecule is CCN(C)CCCC(O)NCC1C=CC=CC1. The Morgan fingerprint density at radius 1 is 1.47 bits per heavy atom. The van der Waals surface area contributed by atoms with Crippen molar-refractivity contribution in [1.82, 2.24) is 10.2 Å². The summed E-state index contributed by atoms with van der Waals surface area (Å²) in [6.07, 6.45) is 11.1. The highest BCUT2D eigenvalue weighted by atomic mass is 16.3. The minimum Gasteiger partial charge on any atom is -0.379 e. The van der Waals surface area contributed by atoms with E-state index >= 15 is 0 Å². The van der Waals surface area contributed by atoms with Crippen molar-refractivity contribution in [3.05, 3.63) is 24.3 Å². The van der Waals surface area contributed by atoms with E-state index in [1.807, 2.05) is 0 Å². The number of rotatable bonds is 8. The quantitative estimate of drug-likeness (QED) is 0.633. The molecular weight excluding hydrogens is 212 g/mol. The minimum atomic E-state index is -0.362. The second-order valence-corrected chi connectivity index (χ2v) is 4.77. The standard InChI is InChI=1S/C14H26N2O/c1-3-16(2)11-7-10-14(17)15-12-13-8-5-4-6-9-13/h4-6,8,13-15,17H,3,7,9-12H2,1-2H3. The van der Waals surface area contributed by atoms with Crippen molar-refractivity contribution in [3.63, 3.8) is 0 Å². The molecule has 0 spiro atoms. The zero-order chi connectivity index (χ0) is 12.5. The highest BCUT2D eigenvalue weighted by molar-refractivity contribution is 5.11. The molecule has 2 atom stereocenters. The smallest absolute Gasteiger partial charge is 0.104 e. The van der Waals surface area contributed by atoms with Crippen molar-refractivity contribution >= 4 is 0 Å². The van der Waals surface area contributed by atoms with Gasteiger partial charge in [0.25, 0.3) is 0 Å². The molecule has 0 amide bonds. The maximum atomic E-state index is 9.79. The van der Waals surface area contributed by atoms with Gasteiger partial charge in [0.15, 0.2) is 0 Å². The number of nitrogens with one attached hydrogen (secondary N) is 1. The van der Waals surface area contributed by atoms with E-state index < -0.39 is 0 Å². The third-order valence-corrected chi connectivity index (χ3v) is 3.24. The Bertz CT molecular complexity index is 251. The monoisotopic (exact) mass is 238 g/mol. The summed E-state index contributed by atoms with van der Waals surface area (Å²) in [5.74, 6) is 0.535. The van der Waals surface area contributed by atoms with Crippen molar-refractivity contribution in [2.75, 3.05) is 26.7 Å². The molecule has 1 aliphatic carbocycles. The van der Waals surface area contributed by atoms with Crippen LogP contribution in [-0.2, 0) is 0 Å². The lowest BCUT2D eigenvalue weighted by atomic mass is 10.0. The number of nitrogens with zero attached hydrogens (tertiary/aromatic N) is 1. The Morgan fingerprint density at radius 3 is 2.94 bits per heavy atom. The number of hydrogen-bond acceptors (Lipinski definition) is 3. The Balaban J connectivity index is 2.02. The van der Waals surface area contributed by atoms with Gasteiger partial charge in [-0.05, 0) is 45.3 Å². The fraction of sp³-hybridized carbons (Fsp3) is 0.714. The molecule has 0 aliphatic heterocycles. The van der Waals surface area contributed by atoms with Gasteiger partial charge in [0.05, 0.1) is 0 Å². The molecule has 3 nitrogen and oxygen atoms in total. The van der Waals surface area contributed by atoms with Crippen molar-refractivity contribution in [3.8, 4) is 0 Å². The van der Waals surface area contributed by atoms with Crippen LogP contribution in [0.1, 0.15) is 26.2 Å². The van der Waals surface area contributed by atoms with E-state index in [0.717, 1.165) is 38.9 Å². The summed E-state index contributed by atoms with van der Waals surface area (Å²) >= 11 is 0. The van der Waals surface area contributed by atoms with Crippen LogP contribution in [0.15, 0.2) is 24.3 Å². The zero-order valence-electron chi connectivity index (χ0n) is 11.1. The molecule has 0 aromatic heterocycles. The molecule has 2 unspecified atom stereocenters. The van der Waals surface area contributed by atoms with E-state index in [-0.39, 0.29) is 6.23 Å². The molecule has 1 rings (SSSR count). The molecule has 0 heterocycles. The van der Waals surface area contributed by atoms with Crippen LogP contribution in [0.5, 0.6) is 0 Å². The lowest BCUT2D eigenvalue weighted by Crippen LogP contribution is -2.33. The van der Waals surface area contributed by atoms with Crippen LogP contribution in [0.4, 0.5) is 0 Å². The van der Waals surface area contributed by atoms with E-state index in [0.29, 0.717) is 5.92 Å². The normalized spacial score (nSPS) is 21.1. The van der Waals surface area contributed by atoms with Crippen LogP contribution in [0, 0.1) is 5.92 Å². The molecule has 98 valence electrons. The van der Waals surface area contributed by atoms with Crippen LogP contribution >= 0.6 is 0 Å². The van der Waals surface area contributed by atoms with Crippen molar-refractivity contribution < 1.29 is 5.11 Å². The maximum absolute atomic E-state index is 9.79. The van der Waals surface area contributed by atoms with Gasteiger partial charge in [-0.2, -0.15) is 0 Å². The summed E-state index contributed by atoms with van der Waals surface area (Å²) < 4.78 is 0. The van der Waals surface area contributed by atoms with Crippen molar-refractivity contribution in [2.24, 2.45) is 5.92 Å². The first-order valence-corrected chi connectivity index (χ1v) is 6.65. The van der Waals surface area contributed by atoms with E-state index in [1.54, 1.807) is 0 Å². The summed E-state index contributed by atoms with van der Waals surface area (Å²) in [7, 11) is 2.11. The molecule has 3 heteroatoms. The predicted octanol–water partition coefficient (Wildman–Crippen LogP) is 1.76. The summed E-state index contributed by atoms with van der Waals surface area (Å²) in [6, 6.07) is 0. The number of aliphatic hydroxyl groups is 1. The van der Waals surface area contributed by atoms with Gasteiger partial charge in [0, 0.05) is 6.54 Å². The number of hydrogen-bond donors (Lipinski definition) is 2. The molecule has 0 aromatic rings. The molecular formula is C14H26N2O. The van der Waals surface area contributed by atoms with Gasteiger partial charge >= 0.3 is 0 Å². The Labute approximate surface area is 105 Å². The second-order valence-electron chi connectivity index (χ2n) is 4.77. The first-order valence-electron chi connectivity index (χ1n) is 6.65. The molecule has 0 saturated heterocycles. The Hall–Kier alpha value is -0.640.